The molecule has 2 heterocycles. The van der Waals surface area contributed by atoms with Crippen LogP contribution in [0.2, 0.25) is 0 Å². The number of hydrogen-bond donors (Lipinski definition) is 1. The number of carbonyl (C=O) groups is 1. The second kappa shape index (κ2) is 9.35. The fourth-order valence-corrected chi connectivity index (χ4v) is 4.21. The quantitative estimate of drug-likeness (QED) is 0.230. The number of rotatable bonds is 7. The van der Waals surface area contributed by atoms with Crippen LogP contribution in [0.5, 0.6) is 17.2 Å². The van der Waals surface area contributed by atoms with Crippen LogP contribution >= 0.6 is 0 Å². The monoisotopic (exact) mass is 464 g/mol. The first-order valence-electron chi connectivity index (χ1n) is 11.1. The van der Waals surface area contributed by atoms with Gasteiger partial charge in [0, 0.05) is 39.2 Å². The maximum atomic E-state index is 14.0. The van der Waals surface area contributed by atoms with Crippen LogP contribution in [-0.2, 0) is 0 Å². The molecule has 5 rings (SSSR count). The van der Waals surface area contributed by atoms with E-state index in [-0.39, 0.29) is 5.78 Å². The number of methoxy groups -OCH3 is 3. The van der Waals surface area contributed by atoms with Gasteiger partial charge in [-0.25, -0.2) is 4.98 Å². The highest BCUT2D eigenvalue weighted by Gasteiger charge is 2.22. The molecule has 2 aromatic heterocycles. The summed E-state index contributed by atoms with van der Waals surface area (Å²) < 4.78 is 16.4. The molecule has 0 amide bonds. The van der Waals surface area contributed by atoms with Gasteiger partial charge in [-0.2, -0.15) is 0 Å². The van der Waals surface area contributed by atoms with Crippen molar-refractivity contribution in [1.82, 2.24) is 9.97 Å². The molecule has 6 heteroatoms. The number of ether oxygens (including phenoxy) is 3. The van der Waals surface area contributed by atoms with Crippen molar-refractivity contribution in [3.05, 3.63) is 95.8 Å². The van der Waals surface area contributed by atoms with Gasteiger partial charge in [0.15, 0.2) is 17.3 Å². The average Bonchev–Trinajstić information content (AvgIpc) is 3.33. The zero-order chi connectivity index (χ0) is 24.4. The van der Waals surface area contributed by atoms with E-state index in [9.17, 15) is 4.79 Å². The van der Waals surface area contributed by atoms with Gasteiger partial charge in [-0.15, -0.1) is 0 Å². The molecule has 0 radical (unpaired) electrons. The highest BCUT2D eigenvalue weighted by molar-refractivity contribution is 6.32. The van der Waals surface area contributed by atoms with E-state index >= 15 is 0 Å². The number of aromatic amines is 1. The molecule has 0 aliphatic carbocycles. The lowest BCUT2D eigenvalue weighted by molar-refractivity contribution is 0.105. The molecule has 0 saturated heterocycles. The third kappa shape index (κ3) is 4.10. The van der Waals surface area contributed by atoms with E-state index in [0.717, 1.165) is 27.4 Å². The van der Waals surface area contributed by atoms with Gasteiger partial charge in [-0.1, -0.05) is 42.5 Å². The minimum absolute atomic E-state index is 0.211. The predicted molar refractivity (Wildman–Crippen MR) is 138 cm³/mol. The first kappa shape index (κ1) is 22.2. The highest BCUT2D eigenvalue weighted by atomic mass is 16.5. The van der Waals surface area contributed by atoms with Gasteiger partial charge in [0.25, 0.3) is 0 Å². The molecule has 3 aromatic carbocycles. The Morgan fingerprint density at radius 1 is 0.857 bits per heavy atom. The number of carbonyl (C=O) groups excluding carboxylic acids is 1. The Balaban J connectivity index is 1.71. The van der Waals surface area contributed by atoms with Crippen LogP contribution in [0.15, 0.2) is 79.0 Å². The largest absolute Gasteiger partial charge is 0.493 e. The second-order valence-electron chi connectivity index (χ2n) is 7.98. The summed E-state index contributed by atoms with van der Waals surface area (Å²) in [5, 5.41) is 2.02. The summed E-state index contributed by atoms with van der Waals surface area (Å²) in [6, 6.07) is 23.0. The van der Waals surface area contributed by atoms with E-state index in [1.165, 1.54) is 21.3 Å². The molecule has 0 fully saturated rings. The van der Waals surface area contributed by atoms with Crippen LogP contribution in [-0.4, -0.2) is 37.1 Å². The number of Topliss-reactive ketones (excluding diaryl/α,β-unsaturated/α-hetero) is 1. The van der Waals surface area contributed by atoms with E-state index in [1.807, 2.05) is 72.9 Å². The minimum atomic E-state index is -0.211. The van der Waals surface area contributed by atoms with Gasteiger partial charge in [0.05, 0.1) is 32.5 Å². The molecule has 0 aliphatic rings. The molecule has 6 nitrogen and oxygen atoms in total. The van der Waals surface area contributed by atoms with Crippen molar-refractivity contribution in [3.63, 3.8) is 0 Å². The van der Waals surface area contributed by atoms with Crippen LogP contribution in [0.25, 0.3) is 33.5 Å². The fraction of sp³-hybridized carbons (Fsp3) is 0.103. The van der Waals surface area contributed by atoms with Crippen molar-refractivity contribution in [1.29, 1.82) is 0 Å². The summed E-state index contributed by atoms with van der Waals surface area (Å²) in [5.41, 5.74) is 4.13. The van der Waals surface area contributed by atoms with Crippen molar-refractivity contribution in [2.24, 2.45) is 0 Å². The van der Waals surface area contributed by atoms with Gasteiger partial charge < -0.3 is 19.2 Å². The van der Waals surface area contributed by atoms with E-state index in [0.29, 0.717) is 34.1 Å². The van der Waals surface area contributed by atoms with Gasteiger partial charge in [0.2, 0.25) is 5.75 Å². The number of benzene rings is 3. The summed E-state index contributed by atoms with van der Waals surface area (Å²) in [6.45, 7) is 0. The molecule has 0 atom stereocenters. The second-order valence-corrected chi connectivity index (χ2v) is 7.98. The van der Waals surface area contributed by atoms with Crippen LogP contribution in [0.3, 0.4) is 0 Å². The Kier molecular flexibility index (Phi) is 5.94. The molecule has 174 valence electrons. The number of ketones is 1. The zero-order valence-corrected chi connectivity index (χ0v) is 19.7. The lowest BCUT2D eigenvalue weighted by Gasteiger charge is -2.15. The third-order valence-electron chi connectivity index (χ3n) is 5.97. The van der Waals surface area contributed by atoms with Crippen LogP contribution < -0.4 is 14.2 Å². The van der Waals surface area contributed by atoms with E-state index < -0.39 is 0 Å². The summed E-state index contributed by atoms with van der Waals surface area (Å²) in [5.74, 6) is 1.04. The average molecular weight is 465 g/mol. The van der Waals surface area contributed by atoms with Crippen molar-refractivity contribution in [2.45, 2.75) is 0 Å². The third-order valence-corrected chi connectivity index (χ3v) is 5.97. The number of nitrogens with one attached hydrogen (secondary N) is 1. The topological polar surface area (TPSA) is 73.4 Å². The molecule has 35 heavy (non-hydrogen) atoms. The van der Waals surface area contributed by atoms with Crippen molar-refractivity contribution in [2.75, 3.05) is 21.3 Å². The number of allylic oxidation sites excluding steroid dienone is 1. The standard InChI is InChI=1S/C29H24N2O4/c1-33-26-15-19(16-27(34-2)29(26)35-3)28(32)22(14-20-17-30-24-11-7-5-9-21(20)24)25-13-12-18-8-4-6-10-23(18)31-25/h4-17,30H,1-3H3. The first-order valence-corrected chi connectivity index (χ1v) is 11.1. The van der Waals surface area contributed by atoms with Gasteiger partial charge in [-0.3, -0.25) is 4.79 Å². The zero-order valence-electron chi connectivity index (χ0n) is 19.7. The number of para-hydroxylation sites is 2. The Bertz CT molecular complexity index is 1560. The summed E-state index contributed by atoms with van der Waals surface area (Å²) in [4.78, 5) is 22.1. The normalized spacial score (nSPS) is 11.6. The summed E-state index contributed by atoms with van der Waals surface area (Å²) in [6.07, 6.45) is 3.77. The van der Waals surface area contributed by atoms with Crippen molar-refractivity contribution in [3.8, 4) is 17.2 Å². The molecular formula is C29H24N2O4. The fourth-order valence-electron chi connectivity index (χ4n) is 4.21. The SMILES string of the molecule is COc1cc(C(=O)C(=Cc2c[nH]c3ccccc23)c2ccc3ccccc3n2)cc(OC)c1OC. The Labute approximate surface area is 202 Å². The van der Waals surface area contributed by atoms with Crippen molar-refractivity contribution >= 4 is 39.2 Å². The molecule has 0 saturated carbocycles. The van der Waals surface area contributed by atoms with Crippen LogP contribution in [0.4, 0.5) is 0 Å². The molecule has 0 bridgehead atoms. The maximum Gasteiger partial charge on any atom is 0.203 e. The highest BCUT2D eigenvalue weighted by Crippen LogP contribution is 2.39. The number of pyridine rings is 1. The number of fused-ring (bicyclic) bond motifs is 2. The summed E-state index contributed by atoms with van der Waals surface area (Å²) in [7, 11) is 4.58. The minimum Gasteiger partial charge on any atom is -0.493 e. The summed E-state index contributed by atoms with van der Waals surface area (Å²) >= 11 is 0. The smallest absolute Gasteiger partial charge is 0.203 e. The Hall–Kier alpha value is -4.58. The van der Waals surface area contributed by atoms with Gasteiger partial charge in [0.1, 0.15) is 0 Å². The van der Waals surface area contributed by atoms with Crippen LogP contribution in [0.1, 0.15) is 21.6 Å². The first-order chi connectivity index (χ1) is 17.1. The maximum absolute atomic E-state index is 14.0. The van der Waals surface area contributed by atoms with E-state index in [1.54, 1.807) is 12.1 Å². The number of nitrogens with zero attached hydrogens (tertiary/aromatic N) is 1. The molecule has 0 unspecified atom stereocenters. The van der Waals surface area contributed by atoms with E-state index in [4.69, 9.17) is 19.2 Å². The molecule has 5 aromatic rings. The predicted octanol–water partition coefficient (Wildman–Crippen LogP) is 6.17. The lowest BCUT2D eigenvalue weighted by atomic mass is 9.96. The molecular weight excluding hydrogens is 440 g/mol. The number of H-pyrrole nitrogens is 1. The number of hydrogen-bond acceptors (Lipinski definition) is 5. The Morgan fingerprint density at radius 2 is 1.57 bits per heavy atom. The molecule has 0 aliphatic heterocycles. The van der Waals surface area contributed by atoms with Crippen molar-refractivity contribution < 1.29 is 19.0 Å². The van der Waals surface area contributed by atoms with Crippen LogP contribution in [0, 0.1) is 0 Å². The molecule has 1 N–H and O–H groups in total. The number of aromatic nitrogens is 2. The van der Waals surface area contributed by atoms with Gasteiger partial charge in [-0.05, 0) is 36.4 Å². The Morgan fingerprint density at radius 3 is 2.31 bits per heavy atom. The van der Waals surface area contributed by atoms with E-state index in [2.05, 4.69) is 4.98 Å². The lowest BCUT2D eigenvalue weighted by Crippen LogP contribution is -2.06. The van der Waals surface area contributed by atoms with Gasteiger partial charge >= 0.3 is 0 Å². The molecule has 0 spiro atoms.